The number of pyridine rings is 2. The molecule has 0 unspecified atom stereocenters. The van der Waals surface area contributed by atoms with Gasteiger partial charge in [-0.1, -0.05) is 24.3 Å². The van der Waals surface area contributed by atoms with Crippen molar-refractivity contribution in [1.29, 1.82) is 0 Å². The molecule has 25 heavy (non-hydrogen) atoms. The maximum atomic E-state index is 13.3. The molecule has 0 amide bonds. The molecule has 0 radical (unpaired) electrons. The lowest BCUT2D eigenvalue weighted by molar-refractivity contribution is 1.01. The van der Waals surface area contributed by atoms with Crippen LogP contribution in [0, 0.1) is 0 Å². The quantitative estimate of drug-likeness (QED) is 0.480. The lowest BCUT2D eigenvalue weighted by atomic mass is 10.1. The fourth-order valence-corrected chi connectivity index (χ4v) is 3.33. The molecule has 120 valence electrons. The van der Waals surface area contributed by atoms with Crippen LogP contribution in [0.1, 0.15) is 0 Å². The lowest BCUT2D eigenvalue weighted by Crippen LogP contribution is -2.20. The summed E-state index contributed by atoms with van der Waals surface area (Å²) in [7, 11) is 0. The van der Waals surface area contributed by atoms with E-state index >= 15 is 0 Å². The van der Waals surface area contributed by atoms with Crippen LogP contribution in [-0.4, -0.2) is 14.0 Å². The van der Waals surface area contributed by atoms with Crippen molar-refractivity contribution in [2.24, 2.45) is 0 Å². The first kappa shape index (κ1) is 13.8. The van der Waals surface area contributed by atoms with E-state index in [2.05, 4.69) is 0 Å². The van der Waals surface area contributed by atoms with Crippen molar-refractivity contribution in [2.75, 3.05) is 5.73 Å². The number of aromatic nitrogens is 3. The highest BCUT2D eigenvalue weighted by molar-refractivity contribution is 6.04. The second kappa shape index (κ2) is 4.95. The summed E-state index contributed by atoms with van der Waals surface area (Å²) in [4.78, 5) is 18.0. The maximum absolute atomic E-state index is 13.3. The molecular formula is C20H14N4O. The van der Waals surface area contributed by atoms with Crippen LogP contribution in [0.4, 0.5) is 5.69 Å². The minimum absolute atomic E-state index is 0.0708. The van der Waals surface area contributed by atoms with E-state index in [1.54, 1.807) is 16.7 Å². The molecule has 2 N–H and O–H groups in total. The molecule has 0 aliphatic heterocycles. The Morgan fingerprint density at radius 3 is 2.36 bits per heavy atom. The predicted octanol–water partition coefficient (Wildman–Crippen LogP) is 3.37. The molecular weight excluding hydrogens is 312 g/mol. The molecule has 0 aliphatic carbocycles. The van der Waals surface area contributed by atoms with Crippen LogP contribution in [0.15, 0.2) is 77.7 Å². The van der Waals surface area contributed by atoms with Crippen molar-refractivity contribution in [3.05, 3.63) is 83.3 Å². The third-order valence-electron chi connectivity index (χ3n) is 4.48. The van der Waals surface area contributed by atoms with Gasteiger partial charge in [0.2, 0.25) is 0 Å². The number of benzene rings is 2. The van der Waals surface area contributed by atoms with Crippen molar-refractivity contribution in [2.45, 2.75) is 0 Å². The normalized spacial score (nSPS) is 11.5. The Bertz CT molecular complexity index is 1310. The minimum Gasteiger partial charge on any atom is -0.399 e. The summed E-state index contributed by atoms with van der Waals surface area (Å²) in [5, 5.41) is 1.51. The lowest BCUT2D eigenvalue weighted by Gasteiger charge is -2.11. The molecule has 3 aromatic heterocycles. The monoisotopic (exact) mass is 326 g/mol. The van der Waals surface area contributed by atoms with Gasteiger partial charge >= 0.3 is 0 Å². The largest absolute Gasteiger partial charge is 0.399 e. The first-order valence-corrected chi connectivity index (χ1v) is 8.00. The molecule has 0 saturated heterocycles. The molecule has 3 heterocycles. The summed E-state index contributed by atoms with van der Waals surface area (Å²) in [6, 6.07) is 20.7. The van der Waals surface area contributed by atoms with Crippen LogP contribution in [0.25, 0.3) is 33.3 Å². The fourth-order valence-electron chi connectivity index (χ4n) is 3.33. The molecule has 0 atom stereocenters. The van der Waals surface area contributed by atoms with Gasteiger partial charge in [-0.15, -0.1) is 0 Å². The van der Waals surface area contributed by atoms with Gasteiger partial charge in [-0.3, -0.25) is 13.8 Å². The minimum atomic E-state index is -0.0708. The predicted molar refractivity (Wildman–Crippen MR) is 100 cm³/mol. The van der Waals surface area contributed by atoms with Crippen molar-refractivity contribution in [3.63, 3.8) is 0 Å². The summed E-state index contributed by atoms with van der Waals surface area (Å²) >= 11 is 0. The van der Waals surface area contributed by atoms with E-state index in [0.717, 1.165) is 27.9 Å². The van der Waals surface area contributed by atoms with Crippen LogP contribution in [0.5, 0.6) is 0 Å². The highest BCUT2D eigenvalue weighted by atomic mass is 16.1. The average Bonchev–Trinajstić information content (AvgIpc) is 3.03. The summed E-state index contributed by atoms with van der Waals surface area (Å²) < 4.78 is 3.65. The van der Waals surface area contributed by atoms with Gasteiger partial charge in [-0.2, -0.15) is 0 Å². The molecule has 5 rings (SSSR count). The number of hydrogen-bond acceptors (Lipinski definition) is 3. The third kappa shape index (κ3) is 1.89. The Labute approximate surface area is 142 Å². The van der Waals surface area contributed by atoms with Gasteiger partial charge in [0, 0.05) is 22.7 Å². The van der Waals surface area contributed by atoms with Gasteiger partial charge in [0.1, 0.15) is 11.2 Å². The zero-order chi connectivity index (χ0) is 17.0. The zero-order valence-corrected chi connectivity index (χ0v) is 13.3. The second-order valence-corrected chi connectivity index (χ2v) is 5.99. The van der Waals surface area contributed by atoms with E-state index in [4.69, 9.17) is 10.7 Å². The van der Waals surface area contributed by atoms with Crippen LogP contribution in [0.3, 0.4) is 0 Å². The number of anilines is 1. The number of imidazole rings is 1. The Morgan fingerprint density at radius 1 is 0.840 bits per heavy atom. The number of nitrogens with zero attached hydrogens (tertiary/aromatic N) is 3. The van der Waals surface area contributed by atoms with Gasteiger partial charge < -0.3 is 5.73 Å². The average molecular weight is 326 g/mol. The van der Waals surface area contributed by atoms with Gasteiger partial charge in [0.25, 0.3) is 5.56 Å². The third-order valence-corrected chi connectivity index (χ3v) is 4.48. The Kier molecular flexibility index (Phi) is 2.73. The zero-order valence-electron chi connectivity index (χ0n) is 13.3. The van der Waals surface area contributed by atoms with Gasteiger partial charge in [-0.05, 0) is 42.5 Å². The van der Waals surface area contributed by atoms with Crippen LogP contribution < -0.4 is 11.3 Å². The van der Waals surface area contributed by atoms with E-state index in [0.29, 0.717) is 11.1 Å². The van der Waals surface area contributed by atoms with E-state index in [-0.39, 0.29) is 5.56 Å². The molecule has 5 heteroatoms. The smallest absolute Gasteiger partial charge is 0.264 e. The van der Waals surface area contributed by atoms with Crippen molar-refractivity contribution < 1.29 is 0 Å². The highest BCUT2D eigenvalue weighted by Crippen LogP contribution is 2.25. The molecule has 2 aromatic carbocycles. The molecule has 0 spiro atoms. The van der Waals surface area contributed by atoms with E-state index in [1.807, 2.05) is 65.2 Å². The van der Waals surface area contributed by atoms with E-state index < -0.39 is 0 Å². The Balaban J connectivity index is 2.09. The first-order chi connectivity index (χ1) is 12.2. The van der Waals surface area contributed by atoms with Crippen LogP contribution in [-0.2, 0) is 0 Å². The number of nitrogen functional groups attached to an aromatic ring is 1. The number of fused-ring (bicyclic) bond motifs is 5. The summed E-state index contributed by atoms with van der Waals surface area (Å²) in [5.74, 6) is 0. The summed E-state index contributed by atoms with van der Waals surface area (Å²) in [5.41, 5.74) is 9.53. The molecule has 0 bridgehead atoms. The highest BCUT2D eigenvalue weighted by Gasteiger charge is 2.16. The van der Waals surface area contributed by atoms with E-state index in [1.165, 1.54) is 0 Å². The summed E-state index contributed by atoms with van der Waals surface area (Å²) in [6.45, 7) is 0. The first-order valence-electron chi connectivity index (χ1n) is 8.00. The standard InChI is InChI=1S/C20H14N4O/c21-13-8-10-14(11-9-13)24-19-18(22-17-7-3-4-12-23(17)19)15-5-1-2-6-16(15)20(24)25/h1-12H,21H2. The molecule has 5 aromatic rings. The Morgan fingerprint density at radius 2 is 1.56 bits per heavy atom. The van der Waals surface area contributed by atoms with Crippen LogP contribution >= 0.6 is 0 Å². The SMILES string of the molecule is Nc1ccc(-n2c(=O)c3ccccc3c3nc4ccccn4c32)cc1. The van der Waals surface area contributed by atoms with Crippen molar-refractivity contribution in [3.8, 4) is 5.69 Å². The van der Waals surface area contributed by atoms with Crippen molar-refractivity contribution >= 4 is 33.3 Å². The van der Waals surface area contributed by atoms with Gasteiger partial charge in [0.05, 0.1) is 5.69 Å². The van der Waals surface area contributed by atoms with Crippen LogP contribution in [0.2, 0.25) is 0 Å². The maximum Gasteiger partial charge on any atom is 0.264 e. The molecule has 0 fully saturated rings. The molecule has 5 nitrogen and oxygen atoms in total. The fraction of sp³-hybridized carbons (Fsp3) is 0. The van der Waals surface area contributed by atoms with Gasteiger partial charge in [0.15, 0.2) is 5.65 Å². The second-order valence-electron chi connectivity index (χ2n) is 5.99. The number of rotatable bonds is 1. The number of nitrogens with two attached hydrogens (primary N) is 1. The molecule has 0 aliphatic rings. The van der Waals surface area contributed by atoms with Crippen molar-refractivity contribution in [1.82, 2.24) is 14.0 Å². The molecule has 0 saturated carbocycles. The van der Waals surface area contributed by atoms with Gasteiger partial charge in [-0.25, -0.2) is 4.98 Å². The number of hydrogen-bond donors (Lipinski definition) is 1. The van der Waals surface area contributed by atoms with E-state index in [9.17, 15) is 4.79 Å². The summed E-state index contributed by atoms with van der Waals surface area (Å²) in [6.07, 6.45) is 1.92. The Hall–Kier alpha value is -3.60. The topological polar surface area (TPSA) is 65.3 Å².